The Morgan fingerprint density at radius 1 is 1.30 bits per heavy atom. The highest BCUT2D eigenvalue weighted by molar-refractivity contribution is 6.30. The third kappa shape index (κ3) is 2.57. The van der Waals surface area contributed by atoms with Gasteiger partial charge in [-0.05, 0) is 37.1 Å². The minimum Gasteiger partial charge on any atom is -0.350 e. The van der Waals surface area contributed by atoms with E-state index in [4.69, 9.17) is 11.6 Å². The molecule has 1 fully saturated rings. The van der Waals surface area contributed by atoms with Crippen LogP contribution < -0.4 is 0 Å². The molecule has 0 bridgehead atoms. The van der Waals surface area contributed by atoms with E-state index in [9.17, 15) is 4.79 Å². The van der Waals surface area contributed by atoms with Gasteiger partial charge in [-0.1, -0.05) is 17.7 Å². The molecule has 0 saturated carbocycles. The fourth-order valence-corrected chi connectivity index (χ4v) is 3.32. The zero-order valence-electron chi connectivity index (χ0n) is 12.4. The van der Waals surface area contributed by atoms with Gasteiger partial charge in [-0.2, -0.15) is 0 Å². The van der Waals surface area contributed by atoms with Gasteiger partial charge in [0.05, 0.1) is 17.3 Å². The molecule has 1 aliphatic rings. The standard InChI is InChI=1S/C17H15ClN4O/c18-16-9-13-11(10-20-16)8-14(21-13)17(23)22-7-3-5-15(22)12-4-1-2-6-19-12/h1-2,4,6,8-10,15,21H,3,5,7H2/t15-/m1/s1. The summed E-state index contributed by atoms with van der Waals surface area (Å²) in [6.07, 6.45) is 5.37. The maximum Gasteiger partial charge on any atom is 0.270 e. The number of hydrogen-bond donors (Lipinski definition) is 1. The van der Waals surface area contributed by atoms with Crippen molar-refractivity contribution < 1.29 is 4.79 Å². The molecule has 23 heavy (non-hydrogen) atoms. The van der Waals surface area contributed by atoms with E-state index in [1.165, 1.54) is 0 Å². The molecular weight excluding hydrogens is 312 g/mol. The maximum absolute atomic E-state index is 12.9. The largest absolute Gasteiger partial charge is 0.350 e. The van der Waals surface area contributed by atoms with E-state index in [1.54, 1.807) is 18.5 Å². The number of nitrogens with one attached hydrogen (secondary N) is 1. The first-order valence-corrected chi connectivity index (χ1v) is 7.96. The quantitative estimate of drug-likeness (QED) is 0.732. The number of likely N-dealkylation sites (tertiary alicyclic amines) is 1. The molecule has 4 rings (SSSR count). The van der Waals surface area contributed by atoms with Crippen LogP contribution in [0.1, 0.15) is 35.1 Å². The van der Waals surface area contributed by atoms with E-state index < -0.39 is 0 Å². The Balaban J connectivity index is 1.66. The highest BCUT2D eigenvalue weighted by Crippen LogP contribution is 2.32. The number of halogens is 1. The lowest BCUT2D eigenvalue weighted by Crippen LogP contribution is -2.31. The summed E-state index contributed by atoms with van der Waals surface area (Å²) in [6.45, 7) is 0.744. The zero-order chi connectivity index (χ0) is 15.8. The first-order chi connectivity index (χ1) is 11.2. The first kappa shape index (κ1) is 14.2. The lowest BCUT2D eigenvalue weighted by Gasteiger charge is -2.23. The summed E-state index contributed by atoms with van der Waals surface area (Å²) in [6, 6.07) is 9.42. The molecule has 5 nitrogen and oxygen atoms in total. The van der Waals surface area contributed by atoms with E-state index in [0.717, 1.165) is 36.0 Å². The molecule has 1 saturated heterocycles. The predicted octanol–water partition coefficient (Wildman–Crippen LogP) is 3.59. The van der Waals surface area contributed by atoms with Gasteiger partial charge in [-0.3, -0.25) is 9.78 Å². The second kappa shape index (κ2) is 5.66. The van der Waals surface area contributed by atoms with Crippen molar-refractivity contribution in [3.8, 4) is 0 Å². The van der Waals surface area contributed by atoms with E-state index in [-0.39, 0.29) is 11.9 Å². The molecule has 1 aliphatic heterocycles. The lowest BCUT2D eigenvalue weighted by molar-refractivity contribution is 0.0728. The van der Waals surface area contributed by atoms with Gasteiger partial charge in [0.1, 0.15) is 10.8 Å². The number of aromatic nitrogens is 3. The van der Waals surface area contributed by atoms with Crippen LogP contribution in [0.3, 0.4) is 0 Å². The Hall–Kier alpha value is -2.40. The lowest BCUT2D eigenvalue weighted by atomic mass is 10.1. The van der Waals surface area contributed by atoms with Crippen molar-refractivity contribution in [2.45, 2.75) is 18.9 Å². The Morgan fingerprint density at radius 3 is 3.04 bits per heavy atom. The topological polar surface area (TPSA) is 61.9 Å². The van der Waals surface area contributed by atoms with Gasteiger partial charge in [-0.25, -0.2) is 4.98 Å². The minimum absolute atomic E-state index is 0.00882. The first-order valence-electron chi connectivity index (χ1n) is 7.58. The van der Waals surface area contributed by atoms with Crippen molar-refractivity contribution in [3.63, 3.8) is 0 Å². The highest BCUT2D eigenvalue weighted by atomic mass is 35.5. The van der Waals surface area contributed by atoms with Gasteiger partial charge in [0.2, 0.25) is 0 Å². The SMILES string of the molecule is O=C(c1cc2cnc(Cl)cc2[nH]1)N1CCC[C@@H]1c1ccccn1. The number of carbonyl (C=O) groups excluding carboxylic acids is 1. The fourth-order valence-electron chi connectivity index (χ4n) is 3.16. The molecular formula is C17H15ClN4O. The third-order valence-corrected chi connectivity index (χ3v) is 4.45. The second-order valence-corrected chi connectivity index (χ2v) is 6.08. The number of nitrogens with zero attached hydrogens (tertiary/aromatic N) is 3. The maximum atomic E-state index is 12.9. The second-order valence-electron chi connectivity index (χ2n) is 5.69. The molecule has 1 N–H and O–H groups in total. The van der Waals surface area contributed by atoms with Gasteiger partial charge < -0.3 is 9.88 Å². The fraction of sp³-hybridized carbons (Fsp3) is 0.235. The van der Waals surface area contributed by atoms with E-state index >= 15 is 0 Å². The third-order valence-electron chi connectivity index (χ3n) is 4.24. The number of aromatic amines is 1. The van der Waals surface area contributed by atoms with Gasteiger partial charge in [-0.15, -0.1) is 0 Å². The summed E-state index contributed by atoms with van der Waals surface area (Å²) in [5.41, 5.74) is 2.33. The smallest absolute Gasteiger partial charge is 0.270 e. The molecule has 4 heterocycles. The van der Waals surface area contributed by atoms with Crippen LogP contribution >= 0.6 is 11.6 Å². The Kier molecular flexibility index (Phi) is 3.50. The molecule has 116 valence electrons. The normalized spacial score (nSPS) is 17.8. The van der Waals surface area contributed by atoms with E-state index in [0.29, 0.717) is 10.8 Å². The molecule has 0 radical (unpaired) electrons. The summed E-state index contributed by atoms with van der Waals surface area (Å²) < 4.78 is 0. The van der Waals surface area contributed by atoms with Gasteiger partial charge in [0, 0.05) is 24.3 Å². The van der Waals surface area contributed by atoms with Crippen LogP contribution in [0.2, 0.25) is 5.15 Å². The Bertz CT molecular complexity index is 861. The molecule has 0 aromatic carbocycles. The molecule has 1 amide bonds. The molecule has 1 atom stereocenters. The number of hydrogen-bond acceptors (Lipinski definition) is 3. The van der Waals surface area contributed by atoms with Gasteiger partial charge >= 0.3 is 0 Å². The van der Waals surface area contributed by atoms with Crippen LogP contribution in [-0.4, -0.2) is 32.3 Å². The van der Waals surface area contributed by atoms with Crippen molar-refractivity contribution >= 4 is 28.4 Å². The summed E-state index contributed by atoms with van der Waals surface area (Å²) in [4.78, 5) is 26.4. The zero-order valence-corrected chi connectivity index (χ0v) is 13.1. The number of carbonyl (C=O) groups is 1. The molecule has 6 heteroatoms. The highest BCUT2D eigenvalue weighted by Gasteiger charge is 2.32. The van der Waals surface area contributed by atoms with Crippen molar-refractivity contribution in [2.24, 2.45) is 0 Å². The van der Waals surface area contributed by atoms with Crippen LogP contribution in [0.5, 0.6) is 0 Å². The average molecular weight is 327 g/mol. The number of H-pyrrole nitrogens is 1. The monoisotopic (exact) mass is 326 g/mol. The van der Waals surface area contributed by atoms with E-state index in [1.807, 2.05) is 29.2 Å². The predicted molar refractivity (Wildman–Crippen MR) is 88.4 cm³/mol. The summed E-state index contributed by atoms with van der Waals surface area (Å²) in [5.74, 6) is -0.00882. The number of pyridine rings is 2. The average Bonchev–Trinajstić information content (AvgIpc) is 3.21. The van der Waals surface area contributed by atoms with Crippen molar-refractivity contribution in [1.82, 2.24) is 19.9 Å². The molecule has 3 aromatic rings. The molecule has 0 unspecified atom stereocenters. The summed E-state index contributed by atoms with van der Waals surface area (Å²) in [7, 11) is 0. The number of amides is 1. The molecule has 0 spiro atoms. The van der Waals surface area contributed by atoms with Crippen LogP contribution in [0.25, 0.3) is 10.9 Å². The van der Waals surface area contributed by atoms with Crippen LogP contribution in [0.15, 0.2) is 42.7 Å². The Morgan fingerprint density at radius 2 is 2.22 bits per heavy atom. The number of fused-ring (bicyclic) bond motifs is 1. The molecule has 3 aromatic heterocycles. The van der Waals surface area contributed by atoms with Crippen molar-refractivity contribution in [2.75, 3.05) is 6.54 Å². The molecule has 0 aliphatic carbocycles. The van der Waals surface area contributed by atoms with Crippen molar-refractivity contribution in [1.29, 1.82) is 0 Å². The van der Waals surface area contributed by atoms with Crippen LogP contribution in [0.4, 0.5) is 0 Å². The Labute approximate surface area is 138 Å². The van der Waals surface area contributed by atoms with Gasteiger partial charge in [0.25, 0.3) is 5.91 Å². The van der Waals surface area contributed by atoms with Crippen LogP contribution in [0, 0.1) is 0 Å². The van der Waals surface area contributed by atoms with E-state index in [2.05, 4.69) is 15.0 Å². The van der Waals surface area contributed by atoms with Gasteiger partial charge in [0.15, 0.2) is 0 Å². The van der Waals surface area contributed by atoms with Crippen LogP contribution in [-0.2, 0) is 0 Å². The van der Waals surface area contributed by atoms with Crippen molar-refractivity contribution in [3.05, 3.63) is 59.3 Å². The number of rotatable bonds is 2. The minimum atomic E-state index is -0.00882. The summed E-state index contributed by atoms with van der Waals surface area (Å²) in [5, 5.41) is 1.29. The summed E-state index contributed by atoms with van der Waals surface area (Å²) >= 11 is 5.90.